The van der Waals surface area contributed by atoms with Crippen molar-refractivity contribution in [1.82, 2.24) is 19.4 Å². The third kappa shape index (κ3) is 5.85. The molecule has 1 aromatic carbocycles. The molecule has 3 rings (SSSR count). The minimum Gasteiger partial charge on any atom is -0.491 e. The minimum absolute atomic E-state index is 0. The fourth-order valence-electron chi connectivity index (χ4n) is 3.85. The second-order valence-electron chi connectivity index (χ2n) is 9.45. The lowest BCUT2D eigenvalue weighted by molar-refractivity contribution is 0.0965. The van der Waals surface area contributed by atoms with Gasteiger partial charge >= 0.3 is 0 Å². The molecule has 0 aliphatic carbocycles. The van der Waals surface area contributed by atoms with Crippen LogP contribution < -0.4 is 15.3 Å². The van der Waals surface area contributed by atoms with Gasteiger partial charge in [0.05, 0.1) is 6.61 Å². The van der Waals surface area contributed by atoms with E-state index in [1.165, 1.54) is 9.20 Å². The highest BCUT2D eigenvalue weighted by atomic mass is 35.5. The summed E-state index contributed by atoms with van der Waals surface area (Å²) >= 11 is 0. The van der Waals surface area contributed by atoms with Gasteiger partial charge in [0.2, 0.25) is 5.62 Å². The molecule has 3 aromatic rings. The van der Waals surface area contributed by atoms with Crippen LogP contribution in [0.2, 0.25) is 0 Å². The van der Waals surface area contributed by atoms with E-state index in [4.69, 9.17) is 15.3 Å². The number of carbonyl (C=O) groups excluding carboxylic acids is 1. The van der Waals surface area contributed by atoms with Crippen molar-refractivity contribution >= 4 is 29.7 Å². The van der Waals surface area contributed by atoms with Gasteiger partial charge in [0, 0.05) is 29.8 Å². The van der Waals surface area contributed by atoms with Crippen molar-refractivity contribution < 1.29 is 14.6 Å². The van der Waals surface area contributed by atoms with Gasteiger partial charge < -0.3 is 14.7 Å². The standard InChI is InChI=1S/C25H36N6O3.ClH/c1-8-29(9-2)22-16(3)17(4)23-27-30(24(26)31(23)28-22)15-21(33)18-12-19(25(5,6)7)14-20(13-18)34-11-10-32;/h12-14,26,32H,8-11,15H2,1-7H3;1H. The van der Waals surface area contributed by atoms with Gasteiger partial charge in [-0.2, -0.15) is 4.52 Å². The molecule has 35 heavy (non-hydrogen) atoms. The average Bonchev–Trinajstić information content (AvgIpc) is 3.11. The first-order valence-electron chi connectivity index (χ1n) is 11.7. The molecule has 0 fully saturated rings. The zero-order valence-electron chi connectivity index (χ0n) is 21.7. The maximum absolute atomic E-state index is 13.3. The number of rotatable bonds is 9. The van der Waals surface area contributed by atoms with E-state index >= 15 is 0 Å². The lowest BCUT2D eigenvalue weighted by Gasteiger charge is -2.22. The highest BCUT2D eigenvalue weighted by molar-refractivity contribution is 5.96. The summed E-state index contributed by atoms with van der Waals surface area (Å²) in [6, 6.07) is 5.44. The number of anilines is 1. The molecule has 2 N–H and O–H groups in total. The van der Waals surface area contributed by atoms with Crippen LogP contribution in [0.1, 0.15) is 61.7 Å². The number of hydrogen-bond donors (Lipinski definition) is 2. The van der Waals surface area contributed by atoms with Gasteiger partial charge in [-0.3, -0.25) is 10.2 Å². The molecule has 0 saturated heterocycles. The molecule has 192 valence electrons. The Balaban J connectivity index is 0.00000432. The lowest BCUT2D eigenvalue weighted by Crippen LogP contribution is -2.29. The van der Waals surface area contributed by atoms with E-state index in [1.54, 1.807) is 6.07 Å². The third-order valence-corrected chi connectivity index (χ3v) is 6.10. The molecule has 0 aliphatic heterocycles. The van der Waals surface area contributed by atoms with Crippen molar-refractivity contribution in [3.8, 4) is 5.75 Å². The second kappa shape index (κ2) is 11.2. The summed E-state index contributed by atoms with van der Waals surface area (Å²) in [5.74, 6) is 1.18. The number of aryl methyl sites for hydroxylation is 1. The van der Waals surface area contributed by atoms with Crippen molar-refractivity contribution in [2.45, 2.75) is 60.4 Å². The maximum atomic E-state index is 13.3. The normalized spacial score (nSPS) is 11.4. The molecule has 0 saturated carbocycles. The lowest BCUT2D eigenvalue weighted by atomic mass is 9.85. The number of nitrogens with zero attached hydrogens (tertiary/aromatic N) is 5. The van der Waals surface area contributed by atoms with E-state index in [0.717, 1.165) is 35.6 Å². The predicted molar refractivity (Wildman–Crippen MR) is 139 cm³/mol. The summed E-state index contributed by atoms with van der Waals surface area (Å²) in [7, 11) is 0. The van der Waals surface area contributed by atoms with Gasteiger partial charge in [-0.05, 0) is 56.9 Å². The molecule has 0 bridgehead atoms. The summed E-state index contributed by atoms with van der Waals surface area (Å²) in [5, 5.41) is 27.0. The number of benzene rings is 1. The fourth-order valence-corrected chi connectivity index (χ4v) is 3.85. The Morgan fingerprint density at radius 3 is 2.34 bits per heavy atom. The Morgan fingerprint density at radius 2 is 1.77 bits per heavy atom. The van der Waals surface area contributed by atoms with E-state index in [-0.39, 0.29) is 49.0 Å². The Hall–Kier alpha value is -2.91. The molecule has 10 heteroatoms. The topological polar surface area (TPSA) is 109 Å². The third-order valence-electron chi connectivity index (χ3n) is 6.10. The van der Waals surface area contributed by atoms with E-state index < -0.39 is 0 Å². The molecular weight excluding hydrogens is 468 g/mol. The Kier molecular flexibility index (Phi) is 9.08. The SMILES string of the molecule is CCN(CC)c1nn2c(=N)n(CC(=O)c3cc(OCCO)cc(C(C)(C)C)c3)nc2c(C)c1C.Cl. The van der Waals surface area contributed by atoms with Crippen LogP contribution in [0, 0.1) is 19.3 Å². The summed E-state index contributed by atoms with van der Waals surface area (Å²) in [6.45, 7) is 15.9. The van der Waals surface area contributed by atoms with Crippen LogP contribution in [-0.2, 0) is 12.0 Å². The van der Waals surface area contributed by atoms with E-state index in [1.807, 2.05) is 26.0 Å². The average molecular weight is 505 g/mol. The molecular formula is C25H37ClN6O3. The number of ketones is 1. The molecule has 2 aromatic heterocycles. The highest BCUT2D eigenvalue weighted by Crippen LogP contribution is 2.28. The van der Waals surface area contributed by atoms with Crippen molar-refractivity contribution in [1.29, 1.82) is 5.41 Å². The highest BCUT2D eigenvalue weighted by Gasteiger charge is 2.21. The summed E-state index contributed by atoms with van der Waals surface area (Å²) in [6.07, 6.45) is 0. The van der Waals surface area contributed by atoms with Gasteiger partial charge in [0.1, 0.15) is 18.9 Å². The molecule has 9 nitrogen and oxygen atoms in total. The molecule has 0 unspecified atom stereocenters. The smallest absolute Gasteiger partial charge is 0.242 e. The predicted octanol–water partition coefficient (Wildman–Crippen LogP) is 3.45. The van der Waals surface area contributed by atoms with Crippen LogP contribution in [0.15, 0.2) is 18.2 Å². The van der Waals surface area contributed by atoms with E-state index in [9.17, 15) is 4.79 Å². The molecule has 2 heterocycles. The summed E-state index contributed by atoms with van der Waals surface area (Å²) < 4.78 is 8.50. The van der Waals surface area contributed by atoms with Gasteiger partial charge in [0.15, 0.2) is 17.2 Å². The monoisotopic (exact) mass is 504 g/mol. The minimum atomic E-state index is -0.191. The molecule has 0 radical (unpaired) electrons. The second-order valence-corrected chi connectivity index (χ2v) is 9.45. The number of hydrogen-bond acceptors (Lipinski definition) is 7. The first kappa shape index (κ1) is 28.3. The molecule has 0 amide bonds. The van der Waals surface area contributed by atoms with Crippen molar-refractivity contribution in [2.24, 2.45) is 0 Å². The van der Waals surface area contributed by atoms with Crippen LogP contribution in [0.25, 0.3) is 5.65 Å². The molecule has 0 atom stereocenters. The van der Waals surface area contributed by atoms with Gasteiger partial charge in [-0.25, -0.2) is 4.68 Å². The van der Waals surface area contributed by atoms with Crippen molar-refractivity contribution in [3.63, 3.8) is 0 Å². The van der Waals surface area contributed by atoms with Gasteiger partial charge in [-0.1, -0.05) is 20.8 Å². The van der Waals surface area contributed by atoms with Crippen LogP contribution in [0.5, 0.6) is 5.75 Å². The summed E-state index contributed by atoms with van der Waals surface area (Å²) in [4.78, 5) is 15.4. The zero-order valence-corrected chi connectivity index (χ0v) is 22.5. The maximum Gasteiger partial charge on any atom is 0.242 e. The number of ether oxygens (including phenoxy) is 1. The van der Waals surface area contributed by atoms with Crippen LogP contribution in [-0.4, -0.2) is 56.6 Å². The van der Waals surface area contributed by atoms with Crippen molar-refractivity contribution in [2.75, 3.05) is 31.2 Å². The number of nitrogens with one attached hydrogen (secondary N) is 1. The Bertz CT molecular complexity index is 1250. The summed E-state index contributed by atoms with van der Waals surface area (Å²) in [5.41, 5.74) is 3.81. The van der Waals surface area contributed by atoms with Crippen molar-refractivity contribution in [3.05, 3.63) is 46.1 Å². The van der Waals surface area contributed by atoms with Crippen LogP contribution in [0.4, 0.5) is 5.82 Å². The number of halogens is 1. The number of aliphatic hydroxyl groups is 1. The van der Waals surface area contributed by atoms with Gasteiger partial charge in [0.25, 0.3) is 0 Å². The Labute approximate surface area is 212 Å². The van der Waals surface area contributed by atoms with E-state index in [2.05, 4.69) is 49.7 Å². The Morgan fingerprint density at radius 1 is 1.11 bits per heavy atom. The molecule has 0 spiro atoms. The number of carbonyl (C=O) groups is 1. The van der Waals surface area contributed by atoms with Gasteiger partial charge in [-0.15, -0.1) is 22.6 Å². The first-order chi connectivity index (χ1) is 16.0. The number of aromatic nitrogens is 4. The number of fused-ring (bicyclic) bond motifs is 1. The quantitative estimate of drug-likeness (QED) is 0.432. The van der Waals surface area contributed by atoms with E-state index in [0.29, 0.717) is 17.0 Å². The first-order valence-corrected chi connectivity index (χ1v) is 11.7. The number of aliphatic hydroxyl groups excluding tert-OH is 1. The number of Topliss-reactive ketones (excluding diaryl/α,β-unsaturated/α-hetero) is 1. The zero-order chi connectivity index (χ0) is 25.2. The fraction of sp³-hybridized carbons (Fsp3) is 0.520. The largest absolute Gasteiger partial charge is 0.491 e. The van der Waals surface area contributed by atoms with Crippen LogP contribution in [0.3, 0.4) is 0 Å². The van der Waals surface area contributed by atoms with Crippen LogP contribution >= 0.6 is 12.4 Å². The molecule has 0 aliphatic rings.